The summed E-state index contributed by atoms with van der Waals surface area (Å²) in [4.78, 5) is 4.28. The van der Waals surface area contributed by atoms with Crippen LogP contribution >= 0.6 is 0 Å². The molecule has 0 aliphatic heterocycles. The van der Waals surface area contributed by atoms with Crippen LogP contribution in [0, 0.1) is 12.3 Å². The first-order chi connectivity index (χ1) is 10.3. The molecule has 1 unspecified atom stereocenters. The zero-order valence-electron chi connectivity index (χ0n) is 12.8. The Hall–Kier alpha value is -1.85. The van der Waals surface area contributed by atoms with Crippen LogP contribution in [-0.2, 0) is 6.54 Å². The monoisotopic (exact) mass is 280 g/mol. The number of nitrogens with zero attached hydrogens (tertiary/aromatic N) is 1. The maximum absolute atomic E-state index is 5.30. The predicted molar refractivity (Wildman–Crippen MR) is 90.0 cm³/mol. The lowest BCUT2D eigenvalue weighted by Gasteiger charge is -2.08. The number of rotatable bonds is 3. The Bertz CT molecular complexity index is 586. The van der Waals surface area contributed by atoms with E-state index in [4.69, 9.17) is 6.42 Å². The second-order valence-corrected chi connectivity index (χ2v) is 5.57. The van der Waals surface area contributed by atoms with Crippen LogP contribution in [0.5, 0.6) is 0 Å². The van der Waals surface area contributed by atoms with Crippen molar-refractivity contribution in [2.45, 2.75) is 51.6 Å². The van der Waals surface area contributed by atoms with Gasteiger partial charge in [-0.2, -0.15) is 0 Å². The lowest BCUT2D eigenvalue weighted by molar-refractivity contribution is 0.648. The fourth-order valence-electron chi connectivity index (χ4n) is 2.45. The van der Waals surface area contributed by atoms with Gasteiger partial charge in [-0.15, -0.1) is 6.42 Å². The zero-order valence-corrected chi connectivity index (χ0v) is 12.8. The van der Waals surface area contributed by atoms with Crippen molar-refractivity contribution in [1.29, 1.82) is 0 Å². The molecule has 2 nitrogen and oxygen atoms in total. The van der Waals surface area contributed by atoms with Crippen molar-refractivity contribution in [2.24, 2.45) is 0 Å². The average Bonchev–Trinajstić information content (AvgIpc) is 3.12. The van der Waals surface area contributed by atoms with Gasteiger partial charge in [-0.05, 0) is 30.7 Å². The van der Waals surface area contributed by atoms with Crippen molar-refractivity contribution in [1.82, 2.24) is 10.3 Å². The topological polar surface area (TPSA) is 24.9 Å². The van der Waals surface area contributed by atoms with E-state index in [1.54, 1.807) is 6.20 Å². The van der Waals surface area contributed by atoms with Crippen LogP contribution in [0.2, 0.25) is 0 Å². The van der Waals surface area contributed by atoms with Gasteiger partial charge in [0.15, 0.2) is 0 Å². The SMILES string of the molecule is C#CC(C)NCc1ccc2ncccc2c1.C1CCCC1. The van der Waals surface area contributed by atoms with E-state index < -0.39 is 0 Å². The molecular formula is C19H24N2. The van der Waals surface area contributed by atoms with Gasteiger partial charge in [0.25, 0.3) is 0 Å². The Morgan fingerprint density at radius 3 is 2.57 bits per heavy atom. The second kappa shape index (κ2) is 8.44. The standard InChI is InChI=1S/C14H14N2.C5H10/c1-3-11(2)16-10-12-6-7-14-13(9-12)5-4-8-15-14;1-2-4-5-3-1/h1,4-9,11,16H,10H2,2H3;1-5H2. The van der Waals surface area contributed by atoms with Gasteiger partial charge in [0.2, 0.25) is 0 Å². The molecule has 1 aromatic heterocycles. The van der Waals surface area contributed by atoms with Gasteiger partial charge in [0, 0.05) is 18.1 Å². The highest BCUT2D eigenvalue weighted by Gasteiger charge is 1.99. The van der Waals surface area contributed by atoms with Crippen LogP contribution in [0.15, 0.2) is 36.5 Å². The lowest BCUT2D eigenvalue weighted by atomic mass is 10.1. The molecule has 2 aromatic rings. The Morgan fingerprint density at radius 1 is 1.19 bits per heavy atom. The molecule has 1 fully saturated rings. The number of terminal acetylenes is 1. The van der Waals surface area contributed by atoms with Crippen molar-refractivity contribution < 1.29 is 0 Å². The summed E-state index contributed by atoms with van der Waals surface area (Å²) in [6.45, 7) is 2.76. The Labute approximate surface area is 128 Å². The molecule has 3 rings (SSSR count). The second-order valence-electron chi connectivity index (χ2n) is 5.57. The van der Waals surface area contributed by atoms with Crippen molar-refractivity contribution in [3.05, 3.63) is 42.1 Å². The van der Waals surface area contributed by atoms with E-state index in [-0.39, 0.29) is 6.04 Å². The molecule has 21 heavy (non-hydrogen) atoms. The number of pyridine rings is 1. The number of fused-ring (bicyclic) bond motifs is 1. The minimum Gasteiger partial charge on any atom is -0.300 e. The quantitative estimate of drug-likeness (QED) is 0.848. The van der Waals surface area contributed by atoms with E-state index in [0.717, 1.165) is 17.4 Å². The molecule has 1 aromatic carbocycles. The summed E-state index contributed by atoms with van der Waals surface area (Å²) < 4.78 is 0. The molecular weight excluding hydrogens is 256 g/mol. The fraction of sp³-hybridized carbons (Fsp3) is 0.421. The van der Waals surface area contributed by atoms with Crippen LogP contribution in [0.25, 0.3) is 10.9 Å². The minimum absolute atomic E-state index is 0.101. The molecule has 1 saturated carbocycles. The third kappa shape index (κ3) is 5.21. The molecule has 1 aliphatic carbocycles. The molecule has 110 valence electrons. The summed E-state index contributed by atoms with van der Waals surface area (Å²) >= 11 is 0. The Morgan fingerprint density at radius 2 is 1.90 bits per heavy atom. The van der Waals surface area contributed by atoms with Crippen LogP contribution < -0.4 is 5.32 Å². The van der Waals surface area contributed by atoms with E-state index in [1.165, 1.54) is 37.7 Å². The van der Waals surface area contributed by atoms with E-state index in [2.05, 4.69) is 34.4 Å². The number of hydrogen-bond acceptors (Lipinski definition) is 2. The molecule has 0 spiro atoms. The third-order valence-electron chi connectivity index (χ3n) is 3.78. The molecule has 0 bridgehead atoms. The van der Waals surface area contributed by atoms with Gasteiger partial charge in [-0.25, -0.2) is 0 Å². The predicted octanol–water partition coefficient (Wildman–Crippen LogP) is 4.30. The van der Waals surface area contributed by atoms with E-state index in [9.17, 15) is 0 Å². The van der Waals surface area contributed by atoms with Crippen molar-refractivity contribution >= 4 is 10.9 Å². The van der Waals surface area contributed by atoms with Crippen molar-refractivity contribution in [3.8, 4) is 12.3 Å². The highest BCUT2D eigenvalue weighted by Crippen LogP contribution is 2.15. The molecule has 2 heteroatoms. The number of aromatic nitrogens is 1. The van der Waals surface area contributed by atoms with Crippen LogP contribution in [0.3, 0.4) is 0 Å². The van der Waals surface area contributed by atoms with Crippen molar-refractivity contribution in [3.63, 3.8) is 0 Å². The van der Waals surface area contributed by atoms with Gasteiger partial charge in [-0.3, -0.25) is 10.3 Å². The molecule has 0 saturated heterocycles. The summed E-state index contributed by atoms with van der Waals surface area (Å²) in [6, 6.07) is 10.4. The molecule has 1 atom stereocenters. The van der Waals surface area contributed by atoms with Crippen molar-refractivity contribution in [2.75, 3.05) is 0 Å². The smallest absolute Gasteiger partial charge is 0.0702 e. The summed E-state index contributed by atoms with van der Waals surface area (Å²) in [5.41, 5.74) is 2.25. The third-order valence-corrected chi connectivity index (χ3v) is 3.78. The fourth-order valence-corrected chi connectivity index (χ4v) is 2.45. The Kier molecular flexibility index (Phi) is 6.24. The van der Waals surface area contributed by atoms with Gasteiger partial charge in [0.05, 0.1) is 11.6 Å². The van der Waals surface area contributed by atoms with E-state index >= 15 is 0 Å². The largest absolute Gasteiger partial charge is 0.300 e. The van der Waals surface area contributed by atoms with E-state index in [0.29, 0.717) is 0 Å². The van der Waals surface area contributed by atoms with Crippen LogP contribution in [0.1, 0.15) is 44.6 Å². The van der Waals surface area contributed by atoms with E-state index in [1.807, 2.05) is 19.1 Å². The highest BCUT2D eigenvalue weighted by atomic mass is 14.9. The van der Waals surface area contributed by atoms with Crippen LogP contribution in [0.4, 0.5) is 0 Å². The zero-order chi connectivity index (χ0) is 14.9. The molecule has 1 heterocycles. The highest BCUT2D eigenvalue weighted by molar-refractivity contribution is 5.78. The lowest BCUT2D eigenvalue weighted by Crippen LogP contribution is -2.23. The Balaban J connectivity index is 0.000000272. The first-order valence-corrected chi connectivity index (χ1v) is 7.83. The summed E-state index contributed by atoms with van der Waals surface area (Å²) in [5, 5.41) is 4.42. The molecule has 0 radical (unpaired) electrons. The maximum Gasteiger partial charge on any atom is 0.0702 e. The summed E-state index contributed by atoms with van der Waals surface area (Å²) in [7, 11) is 0. The number of nitrogens with one attached hydrogen (secondary N) is 1. The maximum atomic E-state index is 5.30. The molecule has 1 N–H and O–H groups in total. The number of benzene rings is 1. The summed E-state index contributed by atoms with van der Waals surface area (Å²) in [6.07, 6.45) is 14.6. The normalized spacial score (nSPS) is 15.0. The van der Waals surface area contributed by atoms with Gasteiger partial charge < -0.3 is 0 Å². The summed E-state index contributed by atoms with van der Waals surface area (Å²) in [5.74, 6) is 2.65. The minimum atomic E-state index is 0.101. The molecule has 0 amide bonds. The average molecular weight is 280 g/mol. The first kappa shape index (κ1) is 15.5. The number of hydrogen-bond donors (Lipinski definition) is 1. The van der Waals surface area contributed by atoms with Crippen LogP contribution in [-0.4, -0.2) is 11.0 Å². The van der Waals surface area contributed by atoms with Gasteiger partial charge in [0.1, 0.15) is 0 Å². The first-order valence-electron chi connectivity index (χ1n) is 7.83. The van der Waals surface area contributed by atoms with Gasteiger partial charge in [-0.1, -0.05) is 50.2 Å². The van der Waals surface area contributed by atoms with Gasteiger partial charge >= 0.3 is 0 Å². The molecule has 1 aliphatic rings.